The minimum Gasteiger partial charge on any atom is -0.398 e. The molecule has 2 atom stereocenters. The fraction of sp³-hybridized carbons (Fsp3) is 0.375. The standard InChI is InChI=1S/C8H10N2O2/c9-3-5-6(4-11)8(12)2-1-7(5)10/h1-2,6,8,11-12H,4,10H2/t6-,8-/m0/s1. The van der Waals surface area contributed by atoms with E-state index in [1.165, 1.54) is 12.2 Å². The van der Waals surface area contributed by atoms with Crippen molar-refractivity contribution in [1.82, 2.24) is 0 Å². The number of nitrogens with zero attached hydrogens (tertiary/aromatic N) is 1. The lowest BCUT2D eigenvalue weighted by atomic mass is 9.89. The predicted octanol–water partition coefficient (Wildman–Crippen LogP) is -0.738. The van der Waals surface area contributed by atoms with Crippen molar-refractivity contribution in [2.75, 3.05) is 6.61 Å². The second-order valence-corrected chi connectivity index (χ2v) is 2.62. The molecule has 0 aromatic heterocycles. The summed E-state index contributed by atoms with van der Waals surface area (Å²) < 4.78 is 0. The molecule has 0 heterocycles. The molecule has 0 aromatic carbocycles. The Morgan fingerprint density at radius 2 is 2.33 bits per heavy atom. The normalized spacial score (nSPS) is 28.8. The van der Waals surface area contributed by atoms with Gasteiger partial charge in [-0.25, -0.2) is 0 Å². The molecule has 4 N–H and O–H groups in total. The lowest BCUT2D eigenvalue weighted by Crippen LogP contribution is -2.28. The van der Waals surface area contributed by atoms with Gasteiger partial charge in [-0.1, -0.05) is 6.08 Å². The highest BCUT2D eigenvalue weighted by Crippen LogP contribution is 2.22. The zero-order valence-electron chi connectivity index (χ0n) is 6.44. The molecule has 1 aliphatic rings. The third-order valence-corrected chi connectivity index (χ3v) is 1.88. The van der Waals surface area contributed by atoms with Crippen molar-refractivity contribution in [1.29, 1.82) is 5.26 Å². The summed E-state index contributed by atoms with van der Waals surface area (Å²) >= 11 is 0. The zero-order valence-corrected chi connectivity index (χ0v) is 6.44. The maximum absolute atomic E-state index is 9.30. The van der Waals surface area contributed by atoms with Crippen LogP contribution < -0.4 is 5.73 Å². The third-order valence-electron chi connectivity index (χ3n) is 1.88. The van der Waals surface area contributed by atoms with Crippen LogP contribution in [0, 0.1) is 17.2 Å². The molecule has 12 heavy (non-hydrogen) atoms. The van der Waals surface area contributed by atoms with E-state index in [2.05, 4.69) is 0 Å². The number of hydrogen-bond acceptors (Lipinski definition) is 4. The van der Waals surface area contributed by atoms with Gasteiger partial charge in [0.1, 0.15) is 0 Å². The van der Waals surface area contributed by atoms with Crippen molar-refractivity contribution < 1.29 is 10.2 Å². The van der Waals surface area contributed by atoms with E-state index >= 15 is 0 Å². The summed E-state index contributed by atoms with van der Waals surface area (Å²) in [6, 6.07) is 1.87. The smallest absolute Gasteiger partial charge is 0.0973 e. The Balaban J connectivity index is 3.01. The summed E-state index contributed by atoms with van der Waals surface area (Å²) in [5, 5.41) is 26.8. The van der Waals surface area contributed by atoms with Gasteiger partial charge in [0, 0.05) is 11.6 Å². The fourth-order valence-corrected chi connectivity index (χ4v) is 1.16. The van der Waals surface area contributed by atoms with Crippen molar-refractivity contribution in [2.45, 2.75) is 6.10 Å². The van der Waals surface area contributed by atoms with Crippen molar-refractivity contribution in [2.24, 2.45) is 11.7 Å². The van der Waals surface area contributed by atoms with E-state index in [-0.39, 0.29) is 12.2 Å². The summed E-state index contributed by atoms with van der Waals surface area (Å²) in [5.41, 5.74) is 6.04. The Labute approximate surface area is 70.2 Å². The zero-order chi connectivity index (χ0) is 9.14. The first-order valence-corrected chi connectivity index (χ1v) is 3.57. The lowest BCUT2D eigenvalue weighted by Gasteiger charge is -2.21. The van der Waals surface area contributed by atoms with Gasteiger partial charge >= 0.3 is 0 Å². The van der Waals surface area contributed by atoms with Gasteiger partial charge in [-0.15, -0.1) is 0 Å². The monoisotopic (exact) mass is 166 g/mol. The first kappa shape index (κ1) is 8.78. The number of aliphatic hydroxyl groups excluding tert-OH is 2. The van der Waals surface area contributed by atoms with Gasteiger partial charge in [-0.3, -0.25) is 0 Å². The number of nitrogens with two attached hydrogens (primary N) is 1. The maximum atomic E-state index is 9.30. The van der Waals surface area contributed by atoms with Crippen LogP contribution in [0.15, 0.2) is 23.4 Å². The van der Waals surface area contributed by atoms with Gasteiger partial charge in [0.15, 0.2) is 0 Å². The van der Waals surface area contributed by atoms with E-state index in [4.69, 9.17) is 16.1 Å². The average molecular weight is 166 g/mol. The summed E-state index contributed by atoms with van der Waals surface area (Å²) in [4.78, 5) is 0. The molecule has 0 unspecified atom stereocenters. The number of rotatable bonds is 1. The molecule has 0 saturated heterocycles. The van der Waals surface area contributed by atoms with Gasteiger partial charge in [0.05, 0.1) is 24.4 Å². The van der Waals surface area contributed by atoms with E-state index in [1.54, 1.807) is 0 Å². The molecule has 1 rings (SSSR count). The molecule has 0 saturated carbocycles. The third kappa shape index (κ3) is 1.33. The summed E-state index contributed by atoms with van der Waals surface area (Å²) in [6.07, 6.45) is 2.14. The van der Waals surface area contributed by atoms with Crippen LogP contribution in [0.3, 0.4) is 0 Å². The van der Waals surface area contributed by atoms with E-state index in [0.29, 0.717) is 5.70 Å². The summed E-state index contributed by atoms with van der Waals surface area (Å²) in [5.74, 6) is -0.569. The van der Waals surface area contributed by atoms with Crippen molar-refractivity contribution in [3.63, 3.8) is 0 Å². The molecule has 4 nitrogen and oxygen atoms in total. The van der Waals surface area contributed by atoms with Crippen molar-refractivity contribution >= 4 is 0 Å². The Kier molecular flexibility index (Phi) is 2.48. The molecule has 0 aliphatic heterocycles. The molecule has 4 heteroatoms. The highest BCUT2D eigenvalue weighted by Gasteiger charge is 2.25. The number of allylic oxidation sites excluding steroid dienone is 1. The molecule has 0 fully saturated rings. The van der Waals surface area contributed by atoms with Gasteiger partial charge < -0.3 is 15.9 Å². The Bertz CT molecular complexity index is 275. The number of hydrogen-bond donors (Lipinski definition) is 3. The van der Waals surface area contributed by atoms with Gasteiger partial charge in [-0.2, -0.15) is 5.26 Å². The van der Waals surface area contributed by atoms with Crippen LogP contribution in [0.2, 0.25) is 0 Å². The number of aliphatic hydroxyl groups is 2. The molecule has 0 radical (unpaired) electrons. The first-order valence-electron chi connectivity index (χ1n) is 3.57. The average Bonchev–Trinajstić information content (AvgIpc) is 2.08. The summed E-state index contributed by atoms with van der Waals surface area (Å²) in [6.45, 7) is -0.269. The molecule has 64 valence electrons. The first-order chi connectivity index (χ1) is 5.70. The molecule has 1 aliphatic carbocycles. The second kappa shape index (κ2) is 3.39. The van der Waals surface area contributed by atoms with Crippen LogP contribution in [0.25, 0.3) is 0 Å². The fourth-order valence-electron chi connectivity index (χ4n) is 1.16. The lowest BCUT2D eigenvalue weighted by molar-refractivity contribution is 0.121. The minimum absolute atomic E-state index is 0.257. The van der Waals surface area contributed by atoms with Crippen LogP contribution >= 0.6 is 0 Å². The van der Waals surface area contributed by atoms with Crippen LogP contribution in [0.5, 0.6) is 0 Å². The minimum atomic E-state index is -0.808. The van der Waals surface area contributed by atoms with Crippen LogP contribution in [-0.2, 0) is 0 Å². The van der Waals surface area contributed by atoms with Crippen LogP contribution in [0.1, 0.15) is 0 Å². The Hall–Kier alpha value is -1.31. The SMILES string of the molecule is N#CC1=C(N)C=C[C@H](O)[C@H]1CO. The maximum Gasteiger partial charge on any atom is 0.0973 e. The topological polar surface area (TPSA) is 90.3 Å². The highest BCUT2D eigenvalue weighted by atomic mass is 16.3. The molecule has 0 bridgehead atoms. The van der Waals surface area contributed by atoms with Crippen molar-refractivity contribution in [3.05, 3.63) is 23.4 Å². The molecule has 0 aromatic rings. The predicted molar refractivity (Wildman–Crippen MR) is 42.5 cm³/mol. The van der Waals surface area contributed by atoms with Crippen LogP contribution in [-0.4, -0.2) is 22.9 Å². The largest absolute Gasteiger partial charge is 0.398 e. The van der Waals surface area contributed by atoms with E-state index in [0.717, 1.165) is 0 Å². The van der Waals surface area contributed by atoms with Gasteiger partial charge in [-0.05, 0) is 6.08 Å². The molecule has 0 spiro atoms. The van der Waals surface area contributed by atoms with E-state index in [9.17, 15) is 5.11 Å². The van der Waals surface area contributed by atoms with Gasteiger partial charge in [0.25, 0.3) is 0 Å². The van der Waals surface area contributed by atoms with Crippen LogP contribution in [0.4, 0.5) is 0 Å². The van der Waals surface area contributed by atoms with E-state index in [1.807, 2.05) is 6.07 Å². The van der Waals surface area contributed by atoms with Gasteiger partial charge in [0.2, 0.25) is 0 Å². The summed E-state index contributed by atoms with van der Waals surface area (Å²) in [7, 11) is 0. The molecular weight excluding hydrogens is 156 g/mol. The van der Waals surface area contributed by atoms with Crippen molar-refractivity contribution in [3.8, 4) is 6.07 Å². The quantitative estimate of drug-likeness (QED) is 0.478. The number of nitriles is 1. The Morgan fingerprint density at radius 1 is 1.67 bits per heavy atom. The molecule has 0 amide bonds. The Morgan fingerprint density at radius 3 is 2.75 bits per heavy atom. The van der Waals surface area contributed by atoms with E-state index < -0.39 is 12.0 Å². The molecular formula is C8H10N2O2. The highest BCUT2D eigenvalue weighted by molar-refractivity contribution is 5.39. The second-order valence-electron chi connectivity index (χ2n) is 2.62.